The zero-order valence-electron chi connectivity index (χ0n) is 13.3. The second-order valence-electron chi connectivity index (χ2n) is 5.85. The monoisotopic (exact) mass is 404 g/mol. The Labute approximate surface area is 153 Å². The largest absolute Gasteiger partial charge is 0.328 e. The molecule has 0 saturated heterocycles. The number of hydrogen-bond donors (Lipinski definition) is 1. The van der Waals surface area contributed by atoms with Crippen LogP contribution >= 0.6 is 27.7 Å². The first-order chi connectivity index (χ1) is 11.7. The second kappa shape index (κ2) is 6.37. The lowest BCUT2D eigenvalue weighted by Crippen LogP contribution is -2.31. The smallest absolute Gasteiger partial charge is 0.227 e. The number of nitrogens with one attached hydrogen (secondary N) is 1. The maximum atomic E-state index is 12.7. The van der Waals surface area contributed by atoms with Crippen LogP contribution in [0.15, 0.2) is 45.2 Å². The van der Waals surface area contributed by atoms with Crippen LogP contribution in [0.2, 0.25) is 0 Å². The molecule has 0 unspecified atom stereocenters. The van der Waals surface area contributed by atoms with E-state index in [1.54, 1.807) is 11.8 Å². The van der Waals surface area contributed by atoms with Crippen molar-refractivity contribution in [2.45, 2.75) is 37.4 Å². The summed E-state index contributed by atoms with van der Waals surface area (Å²) in [6.07, 6.45) is 2.38. The number of allylic oxidation sites excluding steroid dienone is 2. The number of fused-ring (bicyclic) bond motifs is 1. The van der Waals surface area contributed by atoms with Gasteiger partial charge in [0.1, 0.15) is 6.04 Å². The maximum absolute atomic E-state index is 12.7. The Balaban J connectivity index is 1.88. The van der Waals surface area contributed by atoms with Crippen molar-refractivity contribution in [1.82, 2.24) is 14.8 Å². The minimum atomic E-state index is -0.208. The lowest BCUT2D eigenvalue weighted by atomic mass is 9.85. The molecule has 124 valence electrons. The van der Waals surface area contributed by atoms with Crippen LogP contribution in [0, 0.1) is 0 Å². The molecule has 7 heteroatoms. The Morgan fingerprint density at radius 1 is 1.42 bits per heavy atom. The average molecular weight is 405 g/mol. The molecule has 0 radical (unpaired) electrons. The minimum Gasteiger partial charge on any atom is -0.328 e. The van der Waals surface area contributed by atoms with Gasteiger partial charge in [0.25, 0.3) is 0 Å². The van der Waals surface area contributed by atoms with E-state index >= 15 is 0 Å². The molecule has 0 fully saturated rings. The van der Waals surface area contributed by atoms with Crippen molar-refractivity contribution in [2.24, 2.45) is 0 Å². The molecular formula is C17H17BrN4OS. The van der Waals surface area contributed by atoms with E-state index in [-0.39, 0.29) is 11.8 Å². The summed E-state index contributed by atoms with van der Waals surface area (Å²) in [6, 6.07) is 7.88. The number of anilines is 1. The number of ketones is 1. The fraction of sp³-hybridized carbons (Fsp3) is 0.353. The van der Waals surface area contributed by atoms with Gasteiger partial charge in [-0.05, 0) is 36.3 Å². The second-order valence-corrected chi connectivity index (χ2v) is 7.99. The molecule has 1 aromatic carbocycles. The van der Waals surface area contributed by atoms with E-state index in [2.05, 4.69) is 44.3 Å². The number of aromatic nitrogens is 3. The van der Waals surface area contributed by atoms with Crippen LogP contribution in [-0.2, 0) is 4.79 Å². The fourth-order valence-electron chi connectivity index (χ4n) is 3.31. The molecule has 4 rings (SSSR count). The number of carbonyl (C=O) groups is 1. The number of halogens is 1. The van der Waals surface area contributed by atoms with Crippen molar-refractivity contribution < 1.29 is 4.79 Å². The van der Waals surface area contributed by atoms with Crippen LogP contribution in [0.1, 0.15) is 37.8 Å². The highest BCUT2D eigenvalue weighted by molar-refractivity contribution is 9.10. The van der Waals surface area contributed by atoms with Gasteiger partial charge in [-0.15, -0.1) is 5.10 Å². The van der Waals surface area contributed by atoms with Crippen molar-refractivity contribution in [1.29, 1.82) is 0 Å². The fourth-order valence-corrected chi connectivity index (χ4v) is 4.28. The Morgan fingerprint density at radius 2 is 2.29 bits per heavy atom. The minimum absolute atomic E-state index is 0.208. The van der Waals surface area contributed by atoms with Crippen LogP contribution in [0.25, 0.3) is 0 Å². The Kier molecular flexibility index (Phi) is 4.22. The molecule has 2 heterocycles. The van der Waals surface area contributed by atoms with Gasteiger partial charge >= 0.3 is 0 Å². The zero-order chi connectivity index (χ0) is 16.7. The summed E-state index contributed by atoms with van der Waals surface area (Å²) in [5.41, 5.74) is 2.89. The molecule has 1 aromatic heterocycles. The maximum Gasteiger partial charge on any atom is 0.227 e. The normalized spacial score (nSPS) is 19.8. The van der Waals surface area contributed by atoms with Crippen LogP contribution in [0.4, 0.5) is 5.95 Å². The summed E-state index contributed by atoms with van der Waals surface area (Å²) in [5, 5.41) is 8.75. The first kappa shape index (κ1) is 15.9. The van der Waals surface area contributed by atoms with E-state index in [0.29, 0.717) is 6.42 Å². The molecule has 2 aliphatic rings. The average Bonchev–Trinajstić information content (AvgIpc) is 2.95. The van der Waals surface area contributed by atoms with E-state index in [1.807, 2.05) is 22.9 Å². The number of rotatable bonds is 3. The SMILES string of the molecule is CCSc1nc2n(n1)[C@@H](c1cccc(Br)c1)C1=C(CCCC1=O)N2. The van der Waals surface area contributed by atoms with Gasteiger partial charge in [0.2, 0.25) is 11.1 Å². The quantitative estimate of drug-likeness (QED) is 0.777. The number of carbonyl (C=O) groups excluding carboxylic acids is 1. The van der Waals surface area contributed by atoms with Gasteiger partial charge in [-0.2, -0.15) is 4.98 Å². The van der Waals surface area contributed by atoms with Crippen molar-refractivity contribution in [3.05, 3.63) is 45.6 Å². The topological polar surface area (TPSA) is 59.8 Å². The van der Waals surface area contributed by atoms with E-state index < -0.39 is 0 Å². The van der Waals surface area contributed by atoms with Gasteiger partial charge in [0, 0.05) is 22.2 Å². The molecule has 2 aromatic rings. The lowest BCUT2D eigenvalue weighted by molar-refractivity contribution is -0.116. The highest BCUT2D eigenvalue weighted by atomic mass is 79.9. The summed E-state index contributed by atoms with van der Waals surface area (Å²) < 4.78 is 2.86. The molecule has 0 bridgehead atoms. The van der Waals surface area contributed by atoms with Crippen molar-refractivity contribution in [2.75, 3.05) is 11.1 Å². The number of benzene rings is 1. The molecule has 0 saturated carbocycles. The Bertz CT molecular complexity index is 845. The van der Waals surface area contributed by atoms with Crippen molar-refractivity contribution in [3.63, 3.8) is 0 Å². The van der Waals surface area contributed by atoms with Gasteiger partial charge in [0.15, 0.2) is 5.78 Å². The summed E-state index contributed by atoms with van der Waals surface area (Å²) >= 11 is 5.14. The summed E-state index contributed by atoms with van der Waals surface area (Å²) in [4.78, 5) is 17.3. The third kappa shape index (κ3) is 2.69. The van der Waals surface area contributed by atoms with Gasteiger partial charge in [-0.1, -0.05) is 46.7 Å². The molecule has 0 amide bonds. The van der Waals surface area contributed by atoms with Gasteiger partial charge < -0.3 is 5.32 Å². The van der Waals surface area contributed by atoms with Crippen LogP contribution in [-0.4, -0.2) is 26.3 Å². The van der Waals surface area contributed by atoms with Crippen molar-refractivity contribution >= 4 is 39.4 Å². The third-order valence-corrected chi connectivity index (χ3v) is 5.50. The van der Waals surface area contributed by atoms with E-state index in [4.69, 9.17) is 0 Å². The zero-order valence-corrected chi connectivity index (χ0v) is 15.7. The molecule has 1 aliphatic carbocycles. The van der Waals surface area contributed by atoms with E-state index in [9.17, 15) is 4.79 Å². The predicted molar refractivity (Wildman–Crippen MR) is 98.2 cm³/mol. The van der Waals surface area contributed by atoms with Crippen LogP contribution in [0.3, 0.4) is 0 Å². The lowest BCUT2D eigenvalue weighted by Gasteiger charge is -2.32. The van der Waals surface area contributed by atoms with Gasteiger partial charge in [-0.3, -0.25) is 4.79 Å². The van der Waals surface area contributed by atoms with Crippen molar-refractivity contribution in [3.8, 4) is 0 Å². The predicted octanol–water partition coefficient (Wildman–Crippen LogP) is 4.17. The summed E-state index contributed by atoms with van der Waals surface area (Å²) in [6.45, 7) is 2.08. The number of Topliss-reactive ketones (excluding diaryl/α,β-unsaturated/α-hetero) is 1. The molecule has 1 atom stereocenters. The highest BCUT2D eigenvalue weighted by Crippen LogP contribution is 2.40. The number of nitrogens with zero attached hydrogens (tertiary/aromatic N) is 3. The third-order valence-electron chi connectivity index (χ3n) is 4.29. The first-order valence-electron chi connectivity index (χ1n) is 8.05. The molecule has 1 aliphatic heterocycles. The van der Waals surface area contributed by atoms with E-state index in [1.165, 1.54) is 0 Å². The molecule has 1 N–H and O–H groups in total. The summed E-state index contributed by atoms with van der Waals surface area (Å²) in [7, 11) is 0. The standard InChI is InChI=1S/C17H17BrN4OS/c1-2-24-17-20-16-19-12-7-4-8-13(23)14(12)15(22(16)21-17)10-5-3-6-11(18)9-10/h3,5-6,9,15H,2,4,7-8H2,1H3,(H,19,20,21)/t15-/m0/s1. The molecule has 0 spiro atoms. The Hall–Kier alpha value is -1.60. The summed E-state index contributed by atoms with van der Waals surface area (Å²) in [5.74, 6) is 1.85. The van der Waals surface area contributed by atoms with Crippen LogP contribution < -0.4 is 5.32 Å². The molecular weight excluding hydrogens is 388 g/mol. The van der Waals surface area contributed by atoms with Gasteiger partial charge in [-0.25, -0.2) is 4.68 Å². The van der Waals surface area contributed by atoms with Crippen LogP contribution in [0.5, 0.6) is 0 Å². The highest BCUT2D eigenvalue weighted by Gasteiger charge is 2.36. The Morgan fingerprint density at radius 3 is 3.08 bits per heavy atom. The molecule has 24 heavy (non-hydrogen) atoms. The first-order valence-corrected chi connectivity index (χ1v) is 9.83. The number of hydrogen-bond acceptors (Lipinski definition) is 5. The number of thioether (sulfide) groups is 1. The van der Waals surface area contributed by atoms with Gasteiger partial charge in [0.05, 0.1) is 0 Å². The molecule has 5 nitrogen and oxygen atoms in total. The van der Waals surface area contributed by atoms with E-state index in [0.717, 1.165) is 51.0 Å².